The van der Waals surface area contributed by atoms with E-state index in [1.54, 1.807) is 4.90 Å². The van der Waals surface area contributed by atoms with Crippen LogP contribution >= 0.6 is 0 Å². The molecule has 120 valence electrons. The summed E-state index contributed by atoms with van der Waals surface area (Å²) in [6, 6.07) is 0.214. The lowest BCUT2D eigenvalue weighted by Gasteiger charge is -2.26. The Balaban J connectivity index is 1.93. The Bertz CT molecular complexity index is 384. The number of carbonyl (C=O) groups is 2. The Hall–Kier alpha value is -1.10. The first-order chi connectivity index (χ1) is 10.0. The summed E-state index contributed by atoms with van der Waals surface area (Å²) in [6.45, 7) is 4.61. The van der Waals surface area contributed by atoms with Crippen LogP contribution in [0.4, 0.5) is 0 Å². The molecule has 2 N–H and O–H groups in total. The van der Waals surface area contributed by atoms with Gasteiger partial charge in [0.2, 0.25) is 11.8 Å². The molecule has 2 rings (SSSR count). The van der Waals surface area contributed by atoms with Crippen LogP contribution in [0.25, 0.3) is 0 Å². The zero-order valence-corrected chi connectivity index (χ0v) is 13.2. The van der Waals surface area contributed by atoms with E-state index < -0.39 is 0 Å². The van der Waals surface area contributed by atoms with Crippen molar-refractivity contribution in [2.24, 2.45) is 11.8 Å². The lowest BCUT2D eigenvalue weighted by atomic mass is 9.94. The monoisotopic (exact) mass is 296 g/mol. The van der Waals surface area contributed by atoms with E-state index in [1.165, 1.54) is 6.42 Å². The normalized spacial score (nSPS) is 30.6. The molecule has 0 spiro atoms. The van der Waals surface area contributed by atoms with Gasteiger partial charge in [-0.2, -0.15) is 0 Å². The van der Waals surface area contributed by atoms with Crippen LogP contribution in [0.2, 0.25) is 0 Å². The van der Waals surface area contributed by atoms with Crippen LogP contribution in [0.5, 0.6) is 0 Å². The van der Waals surface area contributed by atoms with E-state index in [9.17, 15) is 14.7 Å². The third kappa shape index (κ3) is 3.96. The van der Waals surface area contributed by atoms with Crippen molar-refractivity contribution >= 4 is 11.8 Å². The predicted molar refractivity (Wildman–Crippen MR) is 80.5 cm³/mol. The molecule has 2 amide bonds. The van der Waals surface area contributed by atoms with Gasteiger partial charge < -0.3 is 15.3 Å². The molecule has 2 aliphatic rings. The second kappa shape index (κ2) is 7.25. The first-order valence-corrected chi connectivity index (χ1v) is 8.23. The van der Waals surface area contributed by atoms with Gasteiger partial charge in [0.1, 0.15) is 0 Å². The highest BCUT2D eigenvalue weighted by Gasteiger charge is 2.36. The predicted octanol–water partition coefficient (Wildman–Crippen LogP) is 1.30. The van der Waals surface area contributed by atoms with E-state index in [2.05, 4.69) is 5.32 Å². The van der Waals surface area contributed by atoms with Crippen LogP contribution < -0.4 is 5.32 Å². The lowest BCUT2D eigenvalue weighted by Crippen LogP contribution is -2.44. The summed E-state index contributed by atoms with van der Waals surface area (Å²) >= 11 is 0. The van der Waals surface area contributed by atoms with Gasteiger partial charge in [-0.1, -0.05) is 19.3 Å². The molecular formula is C16H28N2O3. The Labute approximate surface area is 127 Å². The van der Waals surface area contributed by atoms with Crippen molar-refractivity contribution in [1.29, 1.82) is 0 Å². The van der Waals surface area contributed by atoms with Crippen molar-refractivity contribution in [3.63, 3.8) is 0 Å². The van der Waals surface area contributed by atoms with Gasteiger partial charge in [0, 0.05) is 37.6 Å². The van der Waals surface area contributed by atoms with Crippen LogP contribution in [0.1, 0.15) is 52.4 Å². The third-order valence-electron chi connectivity index (χ3n) is 4.87. The molecule has 1 saturated carbocycles. The van der Waals surface area contributed by atoms with Crippen molar-refractivity contribution in [2.45, 2.75) is 64.5 Å². The minimum atomic E-state index is -0.234. The minimum Gasteiger partial charge on any atom is -0.396 e. The Morgan fingerprint density at radius 2 is 2.05 bits per heavy atom. The van der Waals surface area contributed by atoms with E-state index >= 15 is 0 Å². The molecule has 1 aliphatic carbocycles. The van der Waals surface area contributed by atoms with Gasteiger partial charge >= 0.3 is 0 Å². The van der Waals surface area contributed by atoms with E-state index in [0.29, 0.717) is 13.0 Å². The molecule has 2 fully saturated rings. The van der Waals surface area contributed by atoms with Crippen LogP contribution in [0.15, 0.2) is 0 Å². The molecule has 0 aromatic carbocycles. The molecule has 5 heteroatoms. The molecule has 3 atom stereocenters. The minimum absolute atomic E-state index is 0.0168. The average Bonchev–Trinajstić information content (AvgIpc) is 2.70. The average molecular weight is 296 g/mol. The number of nitrogens with zero attached hydrogens (tertiary/aromatic N) is 1. The second-order valence-corrected chi connectivity index (χ2v) is 6.74. The Kier molecular flexibility index (Phi) is 5.62. The maximum absolute atomic E-state index is 12.4. The highest BCUT2D eigenvalue weighted by Crippen LogP contribution is 2.25. The highest BCUT2D eigenvalue weighted by atomic mass is 16.3. The summed E-state index contributed by atoms with van der Waals surface area (Å²) in [7, 11) is 0. The molecule has 0 radical (unpaired) electrons. The van der Waals surface area contributed by atoms with Crippen LogP contribution in [-0.4, -0.2) is 47.1 Å². The SMILES string of the molecule is CC(C)N1CC(C(=O)NC2CCCCCC2CO)CC1=O. The van der Waals surface area contributed by atoms with Gasteiger partial charge in [-0.15, -0.1) is 0 Å². The molecule has 21 heavy (non-hydrogen) atoms. The third-order valence-corrected chi connectivity index (χ3v) is 4.87. The first kappa shape index (κ1) is 16.3. The molecule has 1 heterocycles. The standard InChI is InChI=1S/C16H28N2O3/c1-11(2)18-9-13(8-15(18)20)16(21)17-14-7-5-3-4-6-12(14)10-19/h11-14,19H,3-10H2,1-2H3,(H,17,21). The Morgan fingerprint density at radius 3 is 2.67 bits per heavy atom. The topological polar surface area (TPSA) is 69.6 Å². The number of rotatable bonds is 4. The largest absolute Gasteiger partial charge is 0.396 e. The highest BCUT2D eigenvalue weighted by molar-refractivity contribution is 5.89. The number of amides is 2. The van der Waals surface area contributed by atoms with E-state index in [0.717, 1.165) is 25.7 Å². The fourth-order valence-electron chi connectivity index (χ4n) is 3.50. The molecule has 1 aliphatic heterocycles. The van der Waals surface area contributed by atoms with Crippen molar-refractivity contribution in [3.8, 4) is 0 Å². The quantitative estimate of drug-likeness (QED) is 0.768. The number of aliphatic hydroxyl groups excluding tert-OH is 1. The second-order valence-electron chi connectivity index (χ2n) is 6.74. The maximum atomic E-state index is 12.4. The first-order valence-electron chi connectivity index (χ1n) is 8.23. The van der Waals surface area contributed by atoms with Crippen molar-refractivity contribution in [1.82, 2.24) is 10.2 Å². The van der Waals surface area contributed by atoms with Crippen molar-refractivity contribution in [2.75, 3.05) is 13.2 Å². The van der Waals surface area contributed by atoms with E-state index in [1.807, 2.05) is 13.8 Å². The van der Waals surface area contributed by atoms with E-state index in [4.69, 9.17) is 0 Å². The van der Waals surface area contributed by atoms with Crippen LogP contribution in [-0.2, 0) is 9.59 Å². The summed E-state index contributed by atoms with van der Waals surface area (Å²) < 4.78 is 0. The van der Waals surface area contributed by atoms with Gasteiger partial charge in [0.15, 0.2) is 0 Å². The van der Waals surface area contributed by atoms with Gasteiger partial charge in [-0.25, -0.2) is 0 Å². The number of aliphatic hydroxyl groups is 1. The Morgan fingerprint density at radius 1 is 1.33 bits per heavy atom. The summed E-state index contributed by atoms with van der Waals surface area (Å²) in [4.78, 5) is 26.1. The van der Waals surface area contributed by atoms with Crippen molar-refractivity contribution in [3.05, 3.63) is 0 Å². The molecule has 3 unspecified atom stereocenters. The number of nitrogens with one attached hydrogen (secondary N) is 1. The molecule has 1 saturated heterocycles. The van der Waals surface area contributed by atoms with Gasteiger partial charge in [-0.3, -0.25) is 9.59 Å². The fourth-order valence-corrected chi connectivity index (χ4v) is 3.50. The van der Waals surface area contributed by atoms with E-state index in [-0.39, 0.29) is 42.3 Å². The van der Waals surface area contributed by atoms with Gasteiger partial charge in [0.05, 0.1) is 5.92 Å². The van der Waals surface area contributed by atoms with Crippen LogP contribution in [0, 0.1) is 11.8 Å². The number of hydrogen-bond acceptors (Lipinski definition) is 3. The molecule has 0 aromatic rings. The lowest BCUT2D eigenvalue weighted by molar-refractivity contribution is -0.130. The summed E-state index contributed by atoms with van der Waals surface area (Å²) in [6.07, 6.45) is 5.63. The maximum Gasteiger partial charge on any atom is 0.225 e. The smallest absolute Gasteiger partial charge is 0.225 e. The summed E-state index contributed by atoms with van der Waals surface area (Å²) in [5.74, 6) is -0.0150. The number of likely N-dealkylation sites (tertiary alicyclic amines) is 1. The number of carbonyl (C=O) groups excluding carboxylic acids is 2. The summed E-state index contributed by atoms with van der Waals surface area (Å²) in [5.41, 5.74) is 0. The molecule has 5 nitrogen and oxygen atoms in total. The fraction of sp³-hybridized carbons (Fsp3) is 0.875. The summed E-state index contributed by atoms with van der Waals surface area (Å²) in [5, 5.41) is 12.6. The molecule has 0 aromatic heterocycles. The number of hydrogen-bond donors (Lipinski definition) is 2. The zero-order chi connectivity index (χ0) is 15.4. The zero-order valence-electron chi connectivity index (χ0n) is 13.2. The van der Waals surface area contributed by atoms with Crippen LogP contribution in [0.3, 0.4) is 0 Å². The van der Waals surface area contributed by atoms with Gasteiger partial charge in [0.25, 0.3) is 0 Å². The molecular weight excluding hydrogens is 268 g/mol. The van der Waals surface area contributed by atoms with Crippen molar-refractivity contribution < 1.29 is 14.7 Å². The van der Waals surface area contributed by atoms with Gasteiger partial charge in [-0.05, 0) is 26.7 Å². The molecule has 0 bridgehead atoms.